The third kappa shape index (κ3) is 6.60. The summed E-state index contributed by atoms with van der Waals surface area (Å²) in [7, 11) is 3.13. The van der Waals surface area contributed by atoms with Crippen molar-refractivity contribution in [3.05, 3.63) is 88.2 Å². The lowest BCUT2D eigenvalue weighted by Gasteiger charge is -2.19. The minimum Gasteiger partial charge on any atom is -0.508 e. The lowest BCUT2D eigenvalue weighted by molar-refractivity contribution is -0.122. The normalized spacial score (nSPS) is 11.6. The van der Waals surface area contributed by atoms with E-state index >= 15 is 0 Å². The number of likely N-dealkylation sites (N-methyl/N-ethyl adjacent to an activating group) is 1. The van der Waals surface area contributed by atoms with E-state index in [1.807, 2.05) is 6.07 Å². The molecule has 1 unspecified atom stereocenters. The van der Waals surface area contributed by atoms with Crippen molar-refractivity contribution in [3.63, 3.8) is 0 Å². The standard InChI is InChI=1S/C25H26ClFN2O4/c1-28-25(31)23(12-16-6-9-18(30)10-7-16)29-14-17-8-11-19(13-24(17)32-2)33-15-20-21(26)4-3-5-22(20)27/h3-11,13,23,29-30H,12,14-15H2,1-2H3,(H,28,31). The fraction of sp³-hybridized carbons (Fsp3) is 0.240. The van der Waals surface area contributed by atoms with Gasteiger partial charge in [-0.05, 0) is 42.3 Å². The van der Waals surface area contributed by atoms with Gasteiger partial charge in [-0.2, -0.15) is 0 Å². The molecule has 0 aliphatic rings. The zero-order valence-electron chi connectivity index (χ0n) is 18.4. The molecule has 0 radical (unpaired) electrons. The molecule has 0 aliphatic heterocycles. The number of benzene rings is 3. The molecule has 1 amide bonds. The Kier molecular flexibility index (Phi) is 8.52. The van der Waals surface area contributed by atoms with Crippen LogP contribution in [-0.2, 0) is 24.4 Å². The number of halogens is 2. The number of carbonyl (C=O) groups excluding carboxylic acids is 1. The summed E-state index contributed by atoms with van der Waals surface area (Å²) in [5, 5.41) is 15.7. The van der Waals surface area contributed by atoms with E-state index in [1.165, 1.54) is 6.07 Å². The molecule has 3 N–H and O–H groups in total. The number of phenolic OH excluding ortho intramolecular Hbond substituents is 1. The summed E-state index contributed by atoms with van der Waals surface area (Å²) < 4.78 is 25.2. The monoisotopic (exact) mass is 472 g/mol. The number of aromatic hydroxyl groups is 1. The van der Waals surface area contributed by atoms with Crippen molar-refractivity contribution in [2.75, 3.05) is 14.2 Å². The highest BCUT2D eigenvalue weighted by Crippen LogP contribution is 2.27. The Morgan fingerprint density at radius 3 is 2.58 bits per heavy atom. The molecule has 3 aromatic carbocycles. The largest absolute Gasteiger partial charge is 0.508 e. The van der Waals surface area contributed by atoms with Crippen molar-refractivity contribution in [3.8, 4) is 17.2 Å². The molecule has 0 aromatic heterocycles. The van der Waals surface area contributed by atoms with Gasteiger partial charge in [0.2, 0.25) is 5.91 Å². The lowest BCUT2D eigenvalue weighted by atomic mass is 10.0. The van der Waals surface area contributed by atoms with Crippen LogP contribution in [0.1, 0.15) is 16.7 Å². The molecule has 3 aromatic rings. The van der Waals surface area contributed by atoms with E-state index in [9.17, 15) is 14.3 Å². The van der Waals surface area contributed by atoms with Crippen LogP contribution >= 0.6 is 11.6 Å². The van der Waals surface area contributed by atoms with Gasteiger partial charge >= 0.3 is 0 Å². The first-order valence-electron chi connectivity index (χ1n) is 10.4. The van der Waals surface area contributed by atoms with E-state index in [0.29, 0.717) is 29.5 Å². The number of amides is 1. The van der Waals surface area contributed by atoms with E-state index in [2.05, 4.69) is 10.6 Å². The Hall–Kier alpha value is -3.29. The summed E-state index contributed by atoms with van der Waals surface area (Å²) in [5.41, 5.74) is 2.02. The van der Waals surface area contributed by atoms with Crippen LogP contribution in [0.15, 0.2) is 60.7 Å². The smallest absolute Gasteiger partial charge is 0.237 e. The summed E-state index contributed by atoms with van der Waals surface area (Å²) in [6, 6.07) is 16.0. The maximum atomic E-state index is 14.0. The summed E-state index contributed by atoms with van der Waals surface area (Å²) >= 11 is 6.06. The molecule has 0 fully saturated rings. The molecule has 0 aliphatic carbocycles. The maximum absolute atomic E-state index is 14.0. The fourth-order valence-corrected chi connectivity index (χ4v) is 3.54. The van der Waals surface area contributed by atoms with E-state index < -0.39 is 11.9 Å². The second kappa shape index (κ2) is 11.5. The quantitative estimate of drug-likeness (QED) is 0.412. The topological polar surface area (TPSA) is 79.8 Å². The van der Waals surface area contributed by atoms with Crippen LogP contribution in [0.5, 0.6) is 17.2 Å². The number of rotatable bonds is 10. The number of hydrogen-bond acceptors (Lipinski definition) is 5. The van der Waals surface area contributed by atoms with E-state index in [-0.39, 0.29) is 23.8 Å². The highest BCUT2D eigenvalue weighted by Gasteiger charge is 2.18. The fourth-order valence-electron chi connectivity index (χ4n) is 3.32. The van der Waals surface area contributed by atoms with Crippen molar-refractivity contribution in [1.29, 1.82) is 0 Å². The minimum atomic E-state index is -0.483. The van der Waals surface area contributed by atoms with Crippen LogP contribution in [0.4, 0.5) is 4.39 Å². The zero-order valence-corrected chi connectivity index (χ0v) is 19.2. The molecular weight excluding hydrogens is 447 g/mol. The van der Waals surface area contributed by atoms with E-state index in [0.717, 1.165) is 11.1 Å². The Morgan fingerprint density at radius 1 is 1.15 bits per heavy atom. The summed E-state index contributed by atoms with van der Waals surface area (Å²) in [4.78, 5) is 12.4. The van der Waals surface area contributed by atoms with Gasteiger partial charge in [-0.3, -0.25) is 4.79 Å². The lowest BCUT2D eigenvalue weighted by Crippen LogP contribution is -2.44. The molecular formula is C25H26ClFN2O4. The number of phenols is 1. The van der Waals surface area contributed by atoms with Gasteiger partial charge in [0.15, 0.2) is 0 Å². The number of carbonyl (C=O) groups is 1. The molecule has 8 heteroatoms. The first kappa shape index (κ1) is 24.4. The number of hydrogen-bond donors (Lipinski definition) is 3. The van der Waals surface area contributed by atoms with E-state index in [1.54, 1.807) is 62.7 Å². The first-order valence-corrected chi connectivity index (χ1v) is 10.7. The second-order valence-corrected chi connectivity index (χ2v) is 7.79. The van der Waals surface area contributed by atoms with Crippen molar-refractivity contribution < 1.29 is 23.8 Å². The van der Waals surface area contributed by atoms with Crippen LogP contribution in [0.3, 0.4) is 0 Å². The molecule has 1 atom stereocenters. The van der Waals surface area contributed by atoms with Gasteiger partial charge in [0, 0.05) is 30.8 Å². The zero-order chi connectivity index (χ0) is 23.8. The molecule has 0 spiro atoms. The summed E-state index contributed by atoms with van der Waals surface area (Å²) in [5.74, 6) is 0.669. The number of methoxy groups -OCH3 is 1. The molecule has 0 saturated carbocycles. The highest BCUT2D eigenvalue weighted by molar-refractivity contribution is 6.31. The van der Waals surface area contributed by atoms with Gasteiger partial charge < -0.3 is 25.2 Å². The van der Waals surface area contributed by atoms with Crippen LogP contribution in [0, 0.1) is 5.82 Å². The average Bonchev–Trinajstić information content (AvgIpc) is 2.82. The Morgan fingerprint density at radius 2 is 1.91 bits per heavy atom. The van der Waals surface area contributed by atoms with Crippen molar-refractivity contribution in [2.45, 2.75) is 25.6 Å². The molecule has 0 bridgehead atoms. The third-order valence-corrected chi connectivity index (χ3v) is 5.54. The van der Waals surface area contributed by atoms with Crippen molar-refractivity contribution in [1.82, 2.24) is 10.6 Å². The SMILES string of the molecule is CNC(=O)C(Cc1ccc(O)cc1)NCc1ccc(OCc2c(F)cccc2Cl)cc1OC. The van der Waals surface area contributed by atoms with Gasteiger partial charge in [-0.1, -0.05) is 35.9 Å². The van der Waals surface area contributed by atoms with Gasteiger partial charge in [-0.15, -0.1) is 0 Å². The Balaban J connectivity index is 1.67. The van der Waals surface area contributed by atoms with Gasteiger partial charge in [-0.25, -0.2) is 4.39 Å². The summed E-state index contributed by atoms with van der Waals surface area (Å²) in [6.07, 6.45) is 0.451. The van der Waals surface area contributed by atoms with Gasteiger partial charge in [0.25, 0.3) is 0 Å². The maximum Gasteiger partial charge on any atom is 0.237 e. The molecule has 0 heterocycles. The molecule has 33 heavy (non-hydrogen) atoms. The van der Waals surface area contributed by atoms with Crippen LogP contribution in [0.25, 0.3) is 0 Å². The third-order valence-electron chi connectivity index (χ3n) is 5.18. The van der Waals surface area contributed by atoms with Gasteiger partial charge in [0.05, 0.1) is 18.2 Å². The van der Waals surface area contributed by atoms with Crippen molar-refractivity contribution >= 4 is 17.5 Å². The highest BCUT2D eigenvalue weighted by atomic mass is 35.5. The predicted octanol–water partition coefficient (Wildman–Crippen LogP) is 4.22. The summed E-state index contributed by atoms with van der Waals surface area (Å²) in [6.45, 7) is 0.358. The average molecular weight is 473 g/mol. The minimum absolute atomic E-state index is 0.0162. The number of ether oxygens (including phenoxy) is 2. The number of nitrogens with one attached hydrogen (secondary N) is 2. The van der Waals surface area contributed by atoms with Crippen LogP contribution in [-0.4, -0.2) is 31.2 Å². The van der Waals surface area contributed by atoms with Crippen molar-refractivity contribution in [2.24, 2.45) is 0 Å². The van der Waals surface area contributed by atoms with Crippen LogP contribution in [0.2, 0.25) is 5.02 Å². The predicted molar refractivity (Wildman–Crippen MR) is 125 cm³/mol. The Labute approximate surface area is 197 Å². The first-order chi connectivity index (χ1) is 15.9. The van der Waals surface area contributed by atoms with Gasteiger partial charge in [0.1, 0.15) is 29.7 Å². The van der Waals surface area contributed by atoms with Crippen LogP contribution < -0.4 is 20.1 Å². The Bertz CT molecular complexity index is 1070. The molecule has 3 rings (SSSR count). The second-order valence-electron chi connectivity index (χ2n) is 7.38. The molecule has 6 nitrogen and oxygen atoms in total. The van der Waals surface area contributed by atoms with E-state index in [4.69, 9.17) is 21.1 Å². The molecule has 174 valence electrons. The molecule has 0 saturated heterocycles.